The van der Waals surface area contributed by atoms with Gasteiger partial charge in [0, 0.05) is 23.9 Å². The quantitative estimate of drug-likeness (QED) is 0.297. The third-order valence-electron chi connectivity index (χ3n) is 4.92. The number of aryl methyl sites for hydroxylation is 2. The predicted molar refractivity (Wildman–Crippen MR) is 112 cm³/mol. The minimum absolute atomic E-state index is 0.131. The Morgan fingerprint density at radius 2 is 2.04 bits per heavy atom. The summed E-state index contributed by atoms with van der Waals surface area (Å²) in [7, 11) is 0. The molecule has 0 saturated heterocycles. The highest BCUT2D eigenvalue weighted by Crippen LogP contribution is 2.33. The summed E-state index contributed by atoms with van der Waals surface area (Å²) in [6.07, 6.45) is 5.63. The van der Waals surface area contributed by atoms with Gasteiger partial charge in [-0.2, -0.15) is 5.10 Å². The molecule has 0 radical (unpaired) electrons. The first-order chi connectivity index (χ1) is 13.5. The second-order valence-electron chi connectivity index (χ2n) is 6.79. The van der Waals surface area contributed by atoms with Gasteiger partial charge in [-0.25, -0.2) is 9.50 Å². The first-order valence-electron chi connectivity index (χ1n) is 9.82. The molecule has 0 saturated carbocycles. The number of ether oxygens (including phenoxy) is 1. The minimum Gasteiger partial charge on any atom is -0.466 e. The Kier molecular flexibility index (Phi) is 6.68. The molecule has 3 rings (SSSR count). The fraction of sp³-hybridized carbons (Fsp3) is 0.409. The van der Waals surface area contributed by atoms with Gasteiger partial charge in [-0.1, -0.05) is 18.5 Å². The fourth-order valence-electron chi connectivity index (χ4n) is 3.58. The zero-order chi connectivity index (χ0) is 20.1. The molecule has 0 fully saturated rings. The van der Waals surface area contributed by atoms with Crippen molar-refractivity contribution in [2.45, 2.75) is 52.9 Å². The first-order valence-corrected chi connectivity index (χ1v) is 10.2. The number of halogens is 1. The van der Waals surface area contributed by atoms with Crippen LogP contribution in [0.1, 0.15) is 50.1 Å². The summed E-state index contributed by atoms with van der Waals surface area (Å²) in [6, 6.07) is 8.13. The molecule has 3 aromatic rings. The van der Waals surface area contributed by atoms with Crippen molar-refractivity contribution in [3.05, 3.63) is 52.6 Å². The van der Waals surface area contributed by atoms with E-state index in [1.54, 1.807) is 6.20 Å². The van der Waals surface area contributed by atoms with Gasteiger partial charge >= 0.3 is 5.97 Å². The van der Waals surface area contributed by atoms with Crippen molar-refractivity contribution in [2.75, 3.05) is 6.61 Å². The third kappa shape index (κ3) is 4.36. The molecule has 148 valence electrons. The maximum atomic E-state index is 11.6. The van der Waals surface area contributed by atoms with E-state index in [4.69, 9.17) is 21.4 Å². The molecule has 0 spiro atoms. The van der Waals surface area contributed by atoms with Crippen LogP contribution < -0.4 is 0 Å². The van der Waals surface area contributed by atoms with E-state index in [1.165, 1.54) is 11.3 Å². The van der Waals surface area contributed by atoms with Gasteiger partial charge in [-0.05, 0) is 74.9 Å². The molecular weight excluding hydrogens is 374 g/mol. The van der Waals surface area contributed by atoms with Crippen LogP contribution >= 0.6 is 11.6 Å². The number of pyridine rings is 1. The van der Waals surface area contributed by atoms with E-state index in [1.807, 2.05) is 30.5 Å². The molecule has 0 aliphatic heterocycles. The van der Waals surface area contributed by atoms with Crippen molar-refractivity contribution in [3.63, 3.8) is 0 Å². The van der Waals surface area contributed by atoms with Crippen LogP contribution in [0, 0.1) is 6.92 Å². The molecule has 5 nitrogen and oxygen atoms in total. The molecule has 0 aliphatic rings. The minimum atomic E-state index is -0.131. The predicted octanol–water partition coefficient (Wildman–Crippen LogP) is 5.20. The Labute approximate surface area is 170 Å². The molecule has 28 heavy (non-hydrogen) atoms. The Morgan fingerprint density at radius 1 is 1.21 bits per heavy atom. The smallest absolute Gasteiger partial charge is 0.305 e. The second kappa shape index (κ2) is 9.20. The number of aromatic nitrogens is 3. The van der Waals surface area contributed by atoms with Gasteiger partial charge in [0.15, 0.2) is 0 Å². The molecule has 0 N–H and O–H groups in total. The van der Waals surface area contributed by atoms with Gasteiger partial charge in [-0.15, -0.1) is 0 Å². The van der Waals surface area contributed by atoms with Crippen LogP contribution in [-0.2, 0) is 22.4 Å². The molecule has 0 bridgehead atoms. The van der Waals surface area contributed by atoms with E-state index in [9.17, 15) is 4.79 Å². The number of nitrogens with zero attached hydrogens (tertiary/aromatic N) is 3. The van der Waals surface area contributed by atoms with Crippen LogP contribution in [0.15, 0.2) is 30.5 Å². The van der Waals surface area contributed by atoms with E-state index < -0.39 is 0 Å². The van der Waals surface area contributed by atoms with Gasteiger partial charge in [0.1, 0.15) is 5.15 Å². The summed E-state index contributed by atoms with van der Waals surface area (Å²) in [5.74, 6) is -0.131. The highest BCUT2D eigenvalue weighted by atomic mass is 35.5. The Hall–Kier alpha value is -2.40. The molecule has 0 aliphatic carbocycles. The van der Waals surface area contributed by atoms with Crippen molar-refractivity contribution >= 4 is 23.1 Å². The monoisotopic (exact) mass is 399 g/mol. The van der Waals surface area contributed by atoms with Gasteiger partial charge < -0.3 is 4.74 Å². The van der Waals surface area contributed by atoms with Gasteiger partial charge in [0.25, 0.3) is 0 Å². The molecule has 6 heteroatoms. The standard InChI is InChI=1S/C22H26ClN3O2/c1-4-17-10-11-19-22(16-12-13-24-20(23)14-16)18(15(3)25-26(17)19)8-6-7-9-21(27)28-5-2/h10-14H,4-9H2,1-3H3. The summed E-state index contributed by atoms with van der Waals surface area (Å²) in [5.41, 5.74) is 6.62. The lowest BCUT2D eigenvalue weighted by atomic mass is 9.95. The molecule has 0 atom stereocenters. The van der Waals surface area contributed by atoms with E-state index in [0.29, 0.717) is 18.2 Å². The van der Waals surface area contributed by atoms with E-state index >= 15 is 0 Å². The summed E-state index contributed by atoms with van der Waals surface area (Å²) in [6.45, 7) is 6.44. The molecule has 0 amide bonds. The number of unbranched alkanes of at least 4 members (excludes halogenated alkanes) is 1. The average Bonchev–Trinajstić information content (AvgIpc) is 3.07. The number of carbonyl (C=O) groups is 1. The summed E-state index contributed by atoms with van der Waals surface area (Å²) in [4.78, 5) is 15.7. The van der Waals surface area contributed by atoms with Gasteiger partial charge in [0.2, 0.25) is 0 Å². The maximum Gasteiger partial charge on any atom is 0.305 e. The van der Waals surface area contributed by atoms with Crippen molar-refractivity contribution < 1.29 is 9.53 Å². The summed E-state index contributed by atoms with van der Waals surface area (Å²) in [5, 5.41) is 5.31. The van der Waals surface area contributed by atoms with Crippen LogP contribution in [0.25, 0.3) is 16.6 Å². The number of esters is 1. The topological polar surface area (TPSA) is 56.5 Å². The maximum absolute atomic E-state index is 11.6. The number of rotatable bonds is 8. The molecule has 3 aromatic heterocycles. The summed E-state index contributed by atoms with van der Waals surface area (Å²) >= 11 is 6.18. The highest BCUT2D eigenvalue weighted by molar-refractivity contribution is 6.29. The van der Waals surface area contributed by atoms with Crippen LogP contribution in [-0.4, -0.2) is 27.2 Å². The van der Waals surface area contributed by atoms with Gasteiger partial charge in [0.05, 0.1) is 17.8 Å². The lowest BCUT2D eigenvalue weighted by molar-refractivity contribution is -0.143. The van der Waals surface area contributed by atoms with Crippen molar-refractivity contribution in [3.8, 4) is 11.1 Å². The Bertz CT molecular complexity index is 981. The largest absolute Gasteiger partial charge is 0.466 e. The molecule has 0 aromatic carbocycles. The lowest BCUT2D eigenvalue weighted by Crippen LogP contribution is -2.07. The summed E-state index contributed by atoms with van der Waals surface area (Å²) < 4.78 is 7.05. The number of hydrogen-bond donors (Lipinski definition) is 0. The van der Waals surface area contributed by atoms with Crippen LogP contribution in [0.4, 0.5) is 0 Å². The van der Waals surface area contributed by atoms with Crippen LogP contribution in [0.3, 0.4) is 0 Å². The van der Waals surface area contributed by atoms with Crippen molar-refractivity contribution in [1.29, 1.82) is 0 Å². The SMILES string of the molecule is CCOC(=O)CCCCc1c(C)nn2c(CC)ccc2c1-c1ccnc(Cl)c1. The normalized spacial score (nSPS) is 11.1. The van der Waals surface area contributed by atoms with Crippen molar-refractivity contribution in [1.82, 2.24) is 14.6 Å². The van der Waals surface area contributed by atoms with E-state index in [0.717, 1.165) is 48.0 Å². The second-order valence-corrected chi connectivity index (χ2v) is 7.18. The average molecular weight is 400 g/mol. The number of hydrogen-bond acceptors (Lipinski definition) is 4. The van der Waals surface area contributed by atoms with E-state index in [2.05, 4.69) is 24.0 Å². The Balaban J connectivity index is 1.97. The number of fused-ring (bicyclic) bond motifs is 1. The zero-order valence-electron chi connectivity index (χ0n) is 16.7. The fourth-order valence-corrected chi connectivity index (χ4v) is 3.76. The molecular formula is C22H26ClN3O2. The van der Waals surface area contributed by atoms with Crippen molar-refractivity contribution in [2.24, 2.45) is 0 Å². The number of carbonyl (C=O) groups excluding carboxylic acids is 1. The van der Waals surface area contributed by atoms with Crippen LogP contribution in [0.2, 0.25) is 5.15 Å². The highest BCUT2D eigenvalue weighted by Gasteiger charge is 2.17. The third-order valence-corrected chi connectivity index (χ3v) is 5.13. The lowest BCUT2D eigenvalue weighted by Gasteiger charge is -2.16. The first kappa shape index (κ1) is 20.3. The molecule has 3 heterocycles. The zero-order valence-corrected chi connectivity index (χ0v) is 17.4. The Morgan fingerprint density at radius 3 is 2.75 bits per heavy atom. The van der Waals surface area contributed by atoms with Crippen LogP contribution in [0.5, 0.6) is 0 Å². The van der Waals surface area contributed by atoms with E-state index in [-0.39, 0.29) is 5.97 Å². The molecule has 0 unspecified atom stereocenters. The van der Waals surface area contributed by atoms with Gasteiger partial charge in [-0.3, -0.25) is 4.79 Å².